The molecule has 0 fully saturated rings. The quantitative estimate of drug-likeness (QED) is 0.179. The van der Waals surface area contributed by atoms with E-state index in [4.69, 9.17) is 21.0 Å². The highest BCUT2D eigenvalue weighted by molar-refractivity contribution is 6.10. The maximum absolute atomic E-state index is 7.58. The van der Waals surface area contributed by atoms with E-state index in [0.717, 1.165) is 83.8 Å². The van der Waals surface area contributed by atoms with Crippen LogP contribution in [0.2, 0.25) is 0 Å². The van der Waals surface area contributed by atoms with Crippen molar-refractivity contribution < 1.29 is 9.47 Å². The number of pyridine rings is 1. The zero-order valence-electron chi connectivity index (χ0n) is 27.6. The molecular weight excluding hydrogens is 615 g/mol. The average Bonchev–Trinajstić information content (AvgIpc) is 3.43. The number of ether oxygens (including phenoxy) is 2. The maximum Gasteiger partial charge on any atom is 0.245 e. The second kappa shape index (κ2) is 11.5. The summed E-state index contributed by atoms with van der Waals surface area (Å²) in [6, 6.07) is 51.9. The molecule has 0 unspecified atom stereocenters. The molecule has 9 rings (SSSR count). The number of nitrogens with zero attached hydrogens (tertiary/aromatic N) is 3. The number of hydrogen-bond acceptors (Lipinski definition) is 3. The summed E-state index contributed by atoms with van der Waals surface area (Å²) in [5, 5.41) is 2.16. The zero-order valence-corrected chi connectivity index (χ0v) is 27.6. The van der Waals surface area contributed by atoms with E-state index < -0.39 is 5.79 Å². The molecule has 50 heavy (non-hydrogen) atoms. The molecule has 5 heteroatoms. The van der Waals surface area contributed by atoms with E-state index in [1.165, 1.54) is 0 Å². The third kappa shape index (κ3) is 5.06. The number of aromatic nitrogens is 2. The van der Waals surface area contributed by atoms with Gasteiger partial charge in [-0.05, 0) is 77.2 Å². The second-order valence-corrected chi connectivity index (χ2v) is 13.0. The largest absolute Gasteiger partial charge is 0.452 e. The Hall–Kier alpha value is -6.64. The van der Waals surface area contributed by atoms with Crippen LogP contribution in [0.25, 0.3) is 77.1 Å². The van der Waals surface area contributed by atoms with Gasteiger partial charge in [0.05, 0.1) is 29.0 Å². The minimum Gasteiger partial charge on any atom is -0.452 e. The summed E-state index contributed by atoms with van der Waals surface area (Å²) in [6.07, 6.45) is 0. The molecule has 0 bridgehead atoms. The lowest BCUT2D eigenvalue weighted by atomic mass is 9.96. The van der Waals surface area contributed by atoms with Gasteiger partial charge in [-0.25, -0.2) is 9.83 Å². The van der Waals surface area contributed by atoms with E-state index in [1.54, 1.807) is 0 Å². The fourth-order valence-corrected chi connectivity index (χ4v) is 7.04. The monoisotopic (exact) mass is 645 g/mol. The number of rotatable bonds is 4. The molecule has 1 aliphatic heterocycles. The predicted molar refractivity (Wildman–Crippen MR) is 202 cm³/mol. The van der Waals surface area contributed by atoms with E-state index in [2.05, 4.69) is 94.3 Å². The fraction of sp³-hybridized carbons (Fsp3) is 0.0667. The Balaban J connectivity index is 1.21. The number of hydrogen-bond donors (Lipinski definition) is 0. The molecule has 0 N–H and O–H groups in total. The van der Waals surface area contributed by atoms with Gasteiger partial charge in [0, 0.05) is 47.2 Å². The van der Waals surface area contributed by atoms with Crippen molar-refractivity contribution in [1.82, 2.24) is 9.55 Å². The summed E-state index contributed by atoms with van der Waals surface area (Å²) in [7, 11) is 0. The molecule has 0 spiro atoms. The lowest BCUT2D eigenvalue weighted by Crippen LogP contribution is -2.34. The first-order chi connectivity index (χ1) is 24.4. The Morgan fingerprint density at radius 3 is 1.92 bits per heavy atom. The summed E-state index contributed by atoms with van der Waals surface area (Å²) in [6.45, 7) is 11.5. The number of para-hydroxylation sites is 1. The molecule has 0 aliphatic carbocycles. The van der Waals surface area contributed by atoms with E-state index in [-0.39, 0.29) is 0 Å². The van der Waals surface area contributed by atoms with Crippen LogP contribution in [0.4, 0.5) is 5.69 Å². The van der Waals surface area contributed by atoms with Gasteiger partial charge in [-0.15, -0.1) is 0 Å². The Morgan fingerprint density at radius 2 is 1.20 bits per heavy atom. The van der Waals surface area contributed by atoms with Gasteiger partial charge in [0.15, 0.2) is 5.69 Å². The maximum atomic E-state index is 7.58. The summed E-state index contributed by atoms with van der Waals surface area (Å²) in [5.74, 6) is 0.584. The van der Waals surface area contributed by atoms with Crippen LogP contribution >= 0.6 is 0 Å². The minimum atomic E-state index is -0.911. The van der Waals surface area contributed by atoms with Crippen LogP contribution in [-0.4, -0.2) is 15.3 Å². The first-order valence-corrected chi connectivity index (χ1v) is 16.6. The number of benzene rings is 6. The smallest absolute Gasteiger partial charge is 0.245 e. The van der Waals surface area contributed by atoms with Crippen molar-refractivity contribution in [1.29, 1.82) is 0 Å². The fourth-order valence-electron chi connectivity index (χ4n) is 7.04. The van der Waals surface area contributed by atoms with Crippen LogP contribution in [0, 0.1) is 6.57 Å². The Bertz CT molecular complexity index is 2580. The summed E-state index contributed by atoms with van der Waals surface area (Å²) in [5.41, 5.74) is 11.6. The first-order valence-electron chi connectivity index (χ1n) is 16.6. The third-order valence-electron chi connectivity index (χ3n) is 9.29. The molecule has 0 atom stereocenters. The summed E-state index contributed by atoms with van der Waals surface area (Å²) in [4.78, 5) is 8.77. The number of fused-ring (bicyclic) bond motifs is 6. The Morgan fingerprint density at radius 1 is 0.540 bits per heavy atom. The van der Waals surface area contributed by atoms with Gasteiger partial charge >= 0.3 is 0 Å². The van der Waals surface area contributed by atoms with Gasteiger partial charge in [-0.1, -0.05) is 91.0 Å². The molecule has 238 valence electrons. The molecular formula is C45H31N3O2. The van der Waals surface area contributed by atoms with Crippen LogP contribution in [0.15, 0.2) is 152 Å². The predicted octanol–water partition coefficient (Wildman–Crippen LogP) is 11.9. The minimum absolute atomic E-state index is 0.626. The van der Waals surface area contributed by atoms with E-state index in [9.17, 15) is 0 Å². The molecule has 0 amide bonds. The third-order valence-corrected chi connectivity index (χ3v) is 9.29. The van der Waals surface area contributed by atoms with Crippen molar-refractivity contribution >= 4 is 27.5 Å². The molecule has 1 aliphatic rings. The Kier molecular flexibility index (Phi) is 6.79. The second-order valence-electron chi connectivity index (χ2n) is 13.0. The van der Waals surface area contributed by atoms with Gasteiger partial charge in [0.25, 0.3) is 0 Å². The SMILES string of the molecule is [C-]#[N+]c1ccc2c(c1)c1ccccc1n2-c1ccc2c(c1)-c1ccc(-c3cc(-c4ccccc4)nc(-c4ccccc4)c3)cc1OC(C)(C)O2. The van der Waals surface area contributed by atoms with E-state index >= 15 is 0 Å². The molecule has 0 saturated carbocycles. The first kappa shape index (κ1) is 29.5. The molecule has 0 saturated heterocycles. The highest BCUT2D eigenvalue weighted by atomic mass is 16.7. The van der Waals surface area contributed by atoms with Crippen LogP contribution in [0.1, 0.15) is 13.8 Å². The van der Waals surface area contributed by atoms with Gasteiger partial charge in [0.1, 0.15) is 11.5 Å². The van der Waals surface area contributed by atoms with Gasteiger partial charge < -0.3 is 14.0 Å². The average molecular weight is 646 g/mol. The van der Waals surface area contributed by atoms with Crippen LogP contribution in [0.5, 0.6) is 11.5 Å². The van der Waals surface area contributed by atoms with Crippen LogP contribution in [-0.2, 0) is 0 Å². The molecule has 3 heterocycles. The van der Waals surface area contributed by atoms with Crippen LogP contribution < -0.4 is 9.47 Å². The zero-order chi connectivity index (χ0) is 33.8. The lowest BCUT2D eigenvalue weighted by molar-refractivity contribution is -0.0778. The summed E-state index contributed by atoms with van der Waals surface area (Å²) < 4.78 is 15.4. The van der Waals surface area contributed by atoms with Gasteiger partial charge in [-0.3, -0.25) is 0 Å². The summed E-state index contributed by atoms with van der Waals surface area (Å²) >= 11 is 0. The van der Waals surface area contributed by atoms with Gasteiger partial charge in [-0.2, -0.15) is 0 Å². The molecule has 6 aromatic carbocycles. The van der Waals surface area contributed by atoms with Crippen molar-refractivity contribution in [3.8, 4) is 62.0 Å². The van der Waals surface area contributed by atoms with Crippen molar-refractivity contribution in [2.45, 2.75) is 19.6 Å². The van der Waals surface area contributed by atoms with Gasteiger partial charge in [0.2, 0.25) is 5.79 Å². The Labute approximate surface area is 290 Å². The molecule has 5 nitrogen and oxygen atoms in total. The van der Waals surface area contributed by atoms with Crippen molar-refractivity contribution in [3.05, 3.63) is 163 Å². The van der Waals surface area contributed by atoms with Crippen molar-refractivity contribution in [2.75, 3.05) is 0 Å². The van der Waals surface area contributed by atoms with E-state index in [0.29, 0.717) is 5.69 Å². The van der Waals surface area contributed by atoms with Crippen molar-refractivity contribution in [2.24, 2.45) is 0 Å². The highest BCUT2D eigenvalue weighted by Crippen LogP contribution is 2.46. The molecule has 2 aromatic heterocycles. The standard InChI is InChI=1S/C45H31N3O2/c1-45(2)49-43-23-20-34(48-41-17-11-10-16-35(41)37-27-33(46-3)19-22-42(37)48)28-38(43)36-21-18-31(26-44(36)50-45)32-24-39(29-12-6-4-7-13-29)47-40(25-32)30-14-8-5-9-15-30/h4-28H,1-2H3. The molecule has 0 radical (unpaired) electrons. The highest BCUT2D eigenvalue weighted by Gasteiger charge is 2.30. The van der Waals surface area contributed by atoms with Crippen molar-refractivity contribution in [3.63, 3.8) is 0 Å². The lowest BCUT2D eigenvalue weighted by Gasteiger charge is -2.26. The normalized spacial score (nSPS) is 13.1. The van der Waals surface area contributed by atoms with E-state index in [1.807, 2.05) is 80.6 Å². The topological polar surface area (TPSA) is 40.6 Å². The molecule has 8 aromatic rings. The van der Waals surface area contributed by atoms with Crippen LogP contribution in [0.3, 0.4) is 0 Å².